The predicted octanol–water partition coefficient (Wildman–Crippen LogP) is 3.73. The second-order valence-electron chi connectivity index (χ2n) is 3.93. The van der Waals surface area contributed by atoms with E-state index in [1.54, 1.807) is 0 Å². The minimum Gasteiger partial charge on any atom is -0.219 e. The summed E-state index contributed by atoms with van der Waals surface area (Å²) in [5.41, 5.74) is 0. The summed E-state index contributed by atoms with van der Waals surface area (Å²) in [5, 5.41) is 22.1. The van der Waals surface area contributed by atoms with Gasteiger partial charge in [-0.25, -0.2) is 10.1 Å². The van der Waals surface area contributed by atoms with Gasteiger partial charge in [0.05, 0.1) is 6.61 Å². The molecule has 0 heterocycles. The maximum Gasteiger partial charge on any atom is 0.0855 e. The molecule has 104 valence electrons. The van der Waals surface area contributed by atoms with Gasteiger partial charge < -0.3 is 0 Å². The van der Waals surface area contributed by atoms with E-state index < -0.39 is 0 Å². The van der Waals surface area contributed by atoms with Crippen LogP contribution in [0.15, 0.2) is 0 Å². The maximum absolute atomic E-state index is 7.66. The Morgan fingerprint density at radius 3 is 1.88 bits per heavy atom. The highest BCUT2D eigenvalue weighted by Gasteiger charge is 1.94. The van der Waals surface area contributed by atoms with Crippen molar-refractivity contribution in [2.75, 3.05) is 6.61 Å². The highest BCUT2D eigenvalue weighted by Crippen LogP contribution is 2.09. The molecule has 0 spiro atoms. The maximum atomic E-state index is 7.66. The van der Waals surface area contributed by atoms with Gasteiger partial charge in [-0.1, -0.05) is 58.3 Å². The van der Waals surface area contributed by atoms with E-state index in [1.165, 1.54) is 44.9 Å². The Hall–Kier alpha value is -0.240. The average Bonchev–Trinajstić information content (AvgIpc) is 2.35. The molecule has 0 fully saturated rings. The molecule has 0 saturated carbocycles. The normalized spacial score (nSPS) is 10.9. The monoisotopic (exact) mass is 252 g/mol. The van der Waals surface area contributed by atoms with E-state index in [2.05, 4.69) is 32.0 Å². The topological polar surface area (TPSA) is 66.4 Å². The Labute approximate surface area is 102 Å². The highest BCUT2D eigenvalue weighted by atomic mass is 17.8. The SMILES string of the molecule is CCCCCCCCCCCOOOOOO. The molecule has 0 amide bonds. The van der Waals surface area contributed by atoms with Crippen molar-refractivity contribution in [3.05, 3.63) is 0 Å². The fraction of sp³-hybridized carbons (Fsp3) is 1.00. The lowest BCUT2D eigenvalue weighted by molar-refractivity contribution is -0.753. The van der Waals surface area contributed by atoms with Gasteiger partial charge in [0, 0.05) is 0 Å². The highest BCUT2D eigenvalue weighted by molar-refractivity contribution is 4.45. The van der Waals surface area contributed by atoms with Gasteiger partial charge >= 0.3 is 0 Å². The molecule has 0 aromatic carbocycles. The zero-order valence-electron chi connectivity index (χ0n) is 10.6. The Morgan fingerprint density at radius 2 is 1.29 bits per heavy atom. The second-order valence-corrected chi connectivity index (χ2v) is 3.93. The van der Waals surface area contributed by atoms with Gasteiger partial charge in [0.25, 0.3) is 0 Å². The van der Waals surface area contributed by atoms with E-state index in [-0.39, 0.29) is 0 Å². The zero-order chi connectivity index (χ0) is 12.6. The van der Waals surface area contributed by atoms with Crippen molar-refractivity contribution >= 4 is 0 Å². The first-order chi connectivity index (χ1) is 8.41. The van der Waals surface area contributed by atoms with Gasteiger partial charge in [-0.2, -0.15) is 0 Å². The summed E-state index contributed by atoms with van der Waals surface area (Å²) in [7, 11) is 0. The molecule has 0 aliphatic heterocycles. The summed E-state index contributed by atoms with van der Waals surface area (Å²) in [6, 6.07) is 0. The van der Waals surface area contributed by atoms with Crippen LogP contribution in [0.2, 0.25) is 0 Å². The molecule has 0 rings (SSSR count). The van der Waals surface area contributed by atoms with Gasteiger partial charge in [0.2, 0.25) is 0 Å². The van der Waals surface area contributed by atoms with Gasteiger partial charge in [0.15, 0.2) is 0 Å². The van der Waals surface area contributed by atoms with Crippen molar-refractivity contribution in [2.45, 2.75) is 64.7 Å². The van der Waals surface area contributed by atoms with Crippen molar-refractivity contribution in [1.29, 1.82) is 0 Å². The molecule has 6 heteroatoms. The van der Waals surface area contributed by atoms with Crippen LogP contribution in [-0.4, -0.2) is 11.9 Å². The molecule has 6 nitrogen and oxygen atoms in total. The summed E-state index contributed by atoms with van der Waals surface area (Å²) < 4.78 is 0. The molecular formula is C11H24O6. The Balaban J connectivity index is 2.85. The Morgan fingerprint density at radius 1 is 0.706 bits per heavy atom. The second kappa shape index (κ2) is 15.8. The van der Waals surface area contributed by atoms with Gasteiger partial charge in [-0.15, -0.1) is 0 Å². The quantitative estimate of drug-likeness (QED) is 0.288. The smallest absolute Gasteiger partial charge is 0.0855 e. The molecule has 1 N–H and O–H groups in total. The summed E-state index contributed by atoms with van der Waals surface area (Å²) in [6.07, 6.45) is 11.2. The molecule has 0 radical (unpaired) electrons. The van der Waals surface area contributed by atoms with Crippen molar-refractivity contribution in [2.24, 2.45) is 0 Å². The number of rotatable bonds is 14. The first-order valence-electron chi connectivity index (χ1n) is 6.35. The van der Waals surface area contributed by atoms with Gasteiger partial charge in [0.1, 0.15) is 0 Å². The lowest BCUT2D eigenvalue weighted by Gasteiger charge is -2.02. The van der Waals surface area contributed by atoms with Crippen LogP contribution in [0.1, 0.15) is 64.7 Å². The molecule has 0 aromatic rings. The van der Waals surface area contributed by atoms with E-state index in [0.717, 1.165) is 12.8 Å². The molecule has 0 saturated heterocycles. The third-order valence-corrected chi connectivity index (χ3v) is 2.47. The largest absolute Gasteiger partial charge is 0.219 e. The van der Waals surface area contributed by atoms with Crippen LogP contribution in [0.3, 0.4) is 0 Å². The van der Waals surface area contributed by atoms with Crippen LogP contribution in [-0.2, 0) is 25.0 Å². The van der Waals surface area contributed by atoms with Crippen LogP contribution in [0.5, 0.6) is 0 Å². The number of hydrogen-bond donors (Lipinski definition) is 1. The van der Waals surface area contributed by atoms with Crippen LogP contribution >= 0.6 is 0 Å². The number of unbranched alkanes of at least 4 members (excludes halogenated alkanes) is 8. The summed E-state index contributed by atoms with van der Waals surface area (Å²) >= 11 is 0. The fourth-order valence-electron chi connectivity index (χ4n) is 1.55. The standard InChI is InChI=1S/C11H24O6/c1-2-3-4-5-6-7-8-9-10-11-13-15-17-16-14-12/h12H,2-11H2,1H3. The van der Waals surface area contributed by atoms with E-state index in [4.69, 9.17) is 5.26 Å². The molecule has 0 aromatic heterocycles. The Kier molecular flexibility index (Phi) is 15.5. The van der Waals surface area contributed by atoms with E-state index >= 15 is 0 Å². The molecular weight excluding hydrogens is 228 g/mol. The Bertz CT molecular complexity index is 119. The van der Waals surface area contributed by atoms with Crippen LogP contribution in [0.25, 0.3) is 0 Å². The average molecular weight is 252 g/mol. The first-order valence-corrected chi connectivity index (χ1v) is 6.35. The van der Waals surface area contributed by atoms with Crippen molar-refractivity contribution in [1.82, 2.24) is 0 Å². The van der Waals surface area contributed by atoms with Gasteiger partial charge in [-0.3, -0.25) is 0 Å². The van der Waals surface area contributed by atoms with Crippen molar-refractivity contribution < 1.29 is 30.3 Å². The van der Waals surface area contributed by atoms with Crippen LogP contribution < -0.4 is 0 Å². The first kappa shape index (κ1) is 16.8. The minimum atomic E-state index is 0.421. The molecule has 0 aliphatic rings. The van der Waals surface area contributed by atoms with Gasteiger partial charge in [-0.05, 0) is 26.6 Å². The fourth-order valence-corrected chi connectivity index (χ4v) is 1.55. The van der Waals surface area contributed by atoms with Crippen molar-refractivity contribution in [3.63, 3.8) is 0 Å². The van der Waals surface area contributed by atoms with E-state index in [9.17, 15) is 0 Å². The molecule has 0 aliphatic carbocycles. The lowest BCUT2D eigenvalue weighted by Crippen LogP contribution is -1.99. The van der Waals surface area contributed by atoms with E-state index in [1.807, 2.05) is 0 Å². The zero-order valence-corrected chi connectivity index (χ0v) is 10.6. The van der Waals surface area contributed by atoms with Crippen LogP contribution in [0, 0.1) is 0 Å². The predicted molar refractivity (Wildman–Crippen MR) is 60.1 cm³/mol. The molecule has 17 heavy (non-hydrogen) atoms. The third-order valence-electron chi connectivity index (χ3n) is 2.47. The minimum absolute atomic E-state index is 0.421. The molecule has 0 atom stereocenters. The molecule has 0 unspecified atom stereocenters. The summed E-state index contributed by atoms with van der Waals surface area (Å²) in [5.74, 6) is 0. The summed E-state index contributed by atoms with van der Waals surface area (Å²) in [6.45, 7) is 2.65. The lowest BCUT2D eigenvalue weighted by atomic mass is 10.1. The number of hydrogen-bond acceptors (Lipinski definition) is 6. The molecule has 0 bridgehead atoms. The van der Waals surface area contributed by atoms with Crippen LogP contribution in [0.4, 0.5) is 0 Å². The van der Waals surface area contributed by atoms with E-state index in [0.29, 0.717) is 6.61 Å². The van der Waals surface area contributed by atoms with Crippen molar-refractivity contribution in [3.8, 4) is 0 Å². The third kappa shape index (κ3) is 15.8. The summed E-state index contributed by atoms with van der Waals surface area (Å²) in [4.78, 5) is 4.56.